The normalized spacial score (nSPS) is 15.4. The molecule has 0 unspecified atom stereocenters. The molecule has 1 fully saturated rings. The van der Waals surface area contributed by atoms with Gasteiger partial charge in [-0.3, -0.25) is 0 Å². The molecule has 1 nitrogen and oxygen atoms in total. The minimum atomic E-state index is -0.234. The van der Waals surface area contributed by atoms with Gasteiger partial charge < -0.3 is 0 Å². The highest BCUT2D eigenvalue weighted by Crippen LogP contribution is 2.41. The first-order chi connectivity index (χ1) is 7.74. The summed E-state index contributed by atoms with van der Waals surface area (Å²) in [6.45, 7) is 0. The van der Waals surface area contributed by atoms with Crippen LogP contribution in [0.15, 0.2) is 28.1 Å². The number of benzene rings is 1. The monoisotopic (exact) mass is 297 g/mol. The summed E-state index contributed by atoms with van der Waals surface area (Å²) in [4.78, 5) is 4.59. The third kappa shape index (κ3) is 1.92. The Labute approximate surface area is 105 Å². The lowest BCUT2D eigenvalue weighted by molar-refractivity contribution is 0.621. The zero-order valence-corrected chi connectivity index (χ0v) is 10.8. The lowest BCUT2D eigenvalue weighted by atomic mass is 10.2. The Morgan fingerprint density at radius 1 is 1.38 bits per heavy atom. The van der Waals surface area contributed by atoms with Gasteiger partial charge >= 0.3 is 0 Å². The van der Waals surface area contributed by atoms with Gasteiger partial charge in [-0.15, -0.1) is 11.3 Å². The average molecular weight is 298 g/mol. The molecule has 1 aliphatic carbocycles. The number of nitrogens with zero attached hydrogens (tertiary/aromatic N) is 1. The van der Waals surface area contributed by atoms with Crippen molar-refractivity contribution < 1.29 is 4.39 Å². The molecular weight excluding hydrogens is 289 g/mol. The predicted octanol–water partition coefficient (Wildman–Crippen LogP) is 4.59. The van der Waals surface area contributed by atoms with Crippen molar-refractivity contribution in [2.24, 2.45) is 0 Å². The zero-order valence-electron chi connectivity index (χ0n) is 8.41. The Morgan fingerprint density at radius 3 is 2.88 bits per heavy atom. The highest BCUT2D eigenvalue weighted by Gasteiger charge is 2.26. The molecule has 0 aliphatic heterocycles. The molecule has 4 heteroatoms. The van der Waals surface area contributed by atoms with Crippen molar-refractivity contribution in [3.05, 3.63) is 39.6 Å². The largest absolute Gasteiger partial charge is 0.241 e. The summed E-state index contributed by atoms with van der Waals surface area (Å²) in [5, 5.41) is 3.09. The lowest BCUT2D eigenvalue weighted by Crippen LogP contribution is -1.82. The minimum absolute atomic E-state index is 0.234. The van der Waals surface area contributed by atoms with Gasteiger partial charge in [-0.25, -0.2) is 9.37 Å². The van der Waals surface area contributed by atoms with E-state index in [1.807, 2.05) is 0 Å². The quantitative estimate of drug-likeness (QED) is 0.790. The average Bonchev–Trinajstić information content (AvgIpc) is 3.01. The molecule has 0 bridgehead atoms. The first-order valence-electron chi connectivity index (χ1n) is 5.15. The lowest BCUT2D eigenvalue weighted by Gasteiger charge is -1.98. The number of aromatic nitrogens is 1. The summed E-state index contributed by atoms with van der Waals surface area (Å²) in [5.74, 6) is 0.441. The second-order valence-corrected chi connectivity index (χ2v) is 5.69. The second kappa shape index (κ2) is 3.93. The van der Waals surface area contributed by atoms with E-state index < -0.39 is 0 Å². The summed E-state index contributed by atoms with van der Waals surface area (Å²) in [6, 6.07) is 5.03. The van der Waals surface area contributed by atoms with Crippen molar-refractivity contribution in [2.75, 3.05) is 0 Å². The van der Waals surface area contributed by atoms with Crippen molar-refractivity contribution in [1.29, 1.82) is 0 Å². The molecule has 0 amide bonds. The summed E-state index contributed by atoms with van der Waals surface area (Å²) >= 11 is 4.82. The van der Waals surface area contributed by atoms with E-state index >= 15 is 0 Å². The molecule has 2 aromatic rings. The van der Waals surface area contributed by atoms with E-state index in [1.165, 1.54) is 24.6 Å². The van der Waals surface area contributed by atoms with Crippen LogP contribution in [0.1, 0.15) is 24.5 Å². The molecule has 1 aromatic carbocycles. The SMILES string of the molecule is Fc1ccc(-c2nc(C3CC3)cs2)cc1Br. The molecule has 0 spiro atoms. The summed E-state index contributed by atoms with van der Waals surface area (Å²) in [7, 11) is 0. The number of thiazole rings is 1. The maximum absolute atomic E-state index is 13.1. The summed E-state index contributed by atoms with van der Waals surface area (Å²) in [6.07, 6.45) is 2.52. The molecule has 0 saturated heterocycles. The van der Waals surface area contributed by atoms with Gasteiger partial charge in [0.25, 0.3) is 0 Å². The van der Waals surface area contributed by atoms with Crippen LogP contribution in [0.3, 0.4) is 0 Å². The molecule has 0 atom stereocenters. The molecule has 1 heterocycles. The zero-order chi connectivity index (χ0) is 11.1. The molecule has 1 aromatic heterocycles. The predicted molar refractivity (Wildman–Crippen MR) is 67.2 cm³/mol. The first-order valence-corrected chi connectivity index (χ1v) is 6.82. The van der Waals surface area contributed by atoms with Crippen molar-refractivity contribution in [2.45, 2.75) is 18.8 Å². The molecular formula is C12H9BrFNS. The number of hydrogen-bond acceptors (Lipinski definition) is 2. The van der Waals surface area contributed by atoms with Gasteiger partial charge in [0.05, 0.1) is 10.2 Å². The Hall–Kier alpha value is -0.740. The number of rotatable bonds is 2. The topological polar surface area (TPSA) is 12.9 Å². The third-order valence-electron chi connectivity index (χ3n) is 2.68. The van der Waals surface area contributed by atoms with E-state index in [4.69, 9.17) is 0 Å². The molecule has 3 rings (SSSR count). The number of halogens is 2. The maximum Gasteiger partial charge on any atom is 0.137 e. The smallest absolute Gasteiger partial charge is 0.137 e. The molecule has 0 N–H and O–H groups in total. The van der Waals surface area contributed by atoms with E-state index in [9.17, 15) is 4.39 Å². The van der Waals surface area contributed by atoms with Gasteiger partial charge in [-0.1, -0.05) is 0 Å². The Balaban J connectivity index is 1.97. The standard InChI is InChI=1S/C12H9BrFNS/c13-9-5-8(3-4-10(9)14)12-15-11(6-16-12)7-1-2-7/h3-7H,1-2H2. The van der Waals surface area contributed by atoms with Gasteiger partial charge in [0, 0.05) is 16.9 Å². The van der Waals surface area contributed by atoms with E-state index in [0.717, 1.165) is 10.6 Å². The van der Waals surface area contributed by atoms with Gasteiger partial charge in [0.1, 0.15) is 10.8 Å². The first kappa shape index (κ1) is 10.4. The fourth-order valence-electron chi connectivity index (χ4n) is 1.61. The fraction of sp³-hybridized carbons (Fsp3) is 0.250. The molecule has 82 valence electrons. The van der Waals surface area contributed by atoms with Crippen LogP contribution < -0.4 is 0 Å². The Bertz CT molecular complexity index is 534. The molecule has 1 saturated carbocycles. The van der Waals surface area contributed by atoms with Crippen LogP contribution >= 0.6 is 27.3 Å². The van der Waals surface area contributed by atoms with Gasteiger partial charge in [-0.2, -0.15) is 0 Å². The van der Waals surface area contributed by atoms with Crippen molar-refractivity contribution in [3.8, 4) is 10.6 Å². The van der Waals surface area contributed by atoms with E-state index in [1.54, 1.807) is 23.5 Å². The third-order valence-corrected chi connectivity index (χ3v) is 4.20. The molecule has 0 radical (unpaired) electrons. The van der Waals surface area contributed by atoms with Gasteiger partial charge in [0.2, 0.25) is 0 Å². The van der Waals surface area contributed by atoms with Gasteiger partial charge in [0.15, 0.2) is 0 Å². The van der Waals surface area contributed by atoms with Crippen LogP contribution in [0.25, 0.3) is 10.6 Å². The Kier molecular flexibility index (Phi) is 2.56. The van der Waals surface area contributed by atoms with Gasteiger partial charge in [-0.05, 0) is 47.0 Å². The van der Waals surface area contributed by atoms with Crippen LogP contribution in [0.5, 0.6) is 0 Å². The van der Waals surface area contributed by atoms with E-state index in [2.05, 4.69) is 26.3 Å². The summed E-state index contributed by atoms with van der Waals surface area (Å²) < 4.78 is 13.6. The van der Waals surface area contributed by atoms with Crippen molar-refractivity contribution in [1.82, 2.24) is 4.98 Å². The molecule has 16 heavy (non-hydrogen) atoms. The molecule has 1 aliphatic rings. The van der Waals surface area contributed by atoms with Crippen LogP contribution in [0, 0.1) is 5.82 Å². The minimum Gasteiger partial charge on any atom is -0.241 e. The van der Waals surface area contributed by atoms with Crippen LogP contribution in [0.4, 0.5) is 4.39 Å². The van der Waals surface area contributed by atoms with Crippen LogP contribution in [-0.4, -0.2) is 4.98 Å². The number of hydrogen-bond donors (Lipinski definition) is 0. The highest BCUT2D eigenvalue weighted by atomic mass is 79.9. The van der Waals surface area contributed by atoms with E-state index in [0.29, 0.717) is 10.4 Å². The Morgan fingerprint density at radius 2 is 2.19 bits per heavy atom. The van der Waals surface area contributed by atoms with Crippen molar-refractivity contribution >= 4 is 27.3 Å². The summed E-state index contributed by atoms with van der Waals surface area (Å²) in [5.41, 5.74) is 2.17. The van der Waals surface area contributed by atoms with Crippen LogP contribution in [0.2, 0.25) is 0 Å². The second-order valence-electron chi connectivity index (χ2n) is 3.98. The van der Waals surface area contributed by atoms with Crippen LogP contribution in [-0.2, 0) is 0 Å². The highest BCUT2D eigenvalue weighted by molar-refractivity contribution is 9.10. The fourth-order valence-corrected chi connectivity index (χ4v) is 2.89. The van der Waals surface area contributed by atoms with Crippen molar-refractivity contribution in [3.63, 3.8) is 0 Å². The maximum atomic E-state index is 13.1. The van der Waals surface area contributed by atoms with E-state index in [-0.39, 0.29) is 5.82 Å².